The van der Waals surface area contributed by atoms with Crippen LogP contribution in [0.3, 0.4) is 0 Å². The first-order valence-electron chi connectivity index (χ1n) is 9.04. The SMILES string of the molecule is C[C@@]12CC[C@H]3[C@@H](CCC4=CC(=O)CC[C@@]43CO)[C@@H]1CC[C@@H]2O. The summed E-state index contributed by atoms with van der Waals surface area (Å²) in [6.07, 6.45) is 9.49. The van der Waals surface area contributed by atoms with E-state index in [0.717, 1.165) is 44.9 Å². The summed E-state index contributed by atoms with van der Waals surface area (Å²) in [7, 11) is 0. The monoisotopic (exact) mass is 304 g/mol. The van der Waals surface area contributed by atoms with Crippen molar-refractivity contribution in [2.45, 2.75) is 64.4 Å². The van der Waals surface area contributed by atoms with Crippen molar-refractivity contribution < 1.29 is 15.0 Å². The number of hydrogen-bond donors (Lipinski definition) is 2. The summed E-state index contributed by atoms with van der Waals surface area (Å²) < 4.78 is 0. The van der Waals surface area contributed by atoms with Gasteiger partial charge in [0.05, 0.1) is 12.7 Å². The molecule has 4 aliphatic carbocycles. The van der Waals surface area contributed by atoms with Gasteiger partial charge >= 0.3 is 0 Å². The van der Waals surface area contributed by atoms with Gasteiger partial charge in [0.25, 0.3) is 0 Å². The lowest BCUT2D eigenvalue weighted by Gasteiger charge is -2.58. The fourth-order valence-corrected chi connectivity index (χ4v) is 6.63. The molecule has 0 radical (unpaired) electrons. The Morgan fingerprint density at radius 1 is 1.14 bits per heavy atom. The molecule has 3 saturated carbocycles. The van der Waals surface area contributed by atoms with E-state index >= 15 is 0 Å². The molecule has 6 atom stereocenters. The predicted molar refractivity (Wildman–Crippen MR) is 84.1 cm³/mol. The Labute approximate surface area is 132 Å². The van der Waals surface area contributed by atoms with E-state index in [0.29, 0.717) is 24.2 Å². The smallest absolute Gasteiger partial charge is 0.155 e. The van der Waals surface area contributed by atoms with Gasteiger partial charge in [-0.15, -0.1) is 0 Å². The number of aliphatic hydroxyl groups is 2. The molecule has 122 valence electrons. The minimum Gasteiger partial charge on any atom is -0.395 e. The summed E-state index contributed by atoms with van der Waals surface area (Å²) in [5, 5.41) is 20.7. The molecule has 0 aromatic rings. The standard InChI is InChI=1S/C19H28O3/c1-18-8-7-16-14(15(18)4-5-17(18)22)3-2-12-10-13(21)6-9-19(12,16)11-20/h10,14-17,20,22H,2-9,11H2,1H3/t14-,15-,16-,17-,18+,19+/m0/s1. The van der Waals surface area contributed by atoms with Crippen molar-refractivity contribution in [3.8, 4) is 0 Å². The molecular formula is C19H28O3. The number of aliphatic hydroxyl groups excluding tert-OH is 2. The predicted octanol–water partition coefficient (Wildman–Crippen LogP) is 2.85. The third kappa shape index (κ3) is 1.78. The normalized spacial score (nSPS) is 50.9. The highest BCUT2D eigenvalue weighted by molar-refractivity contribution is 5.91. The highest BCUT2D eigenvalue weighted by Crippen LogP contribution is 2.65. The zero-order chi connectivity index (χ0) is 15.5. The number of ketones is 1. The van der Waals surface area contributed by atoms with Crippen LogP contribution < -0.4 is 0 Å². The van der Waals surface area contributed by atoms with Crippen LogP contribution in [0.2, 0.25) is 0 Å². The summed E-state index contributed by atoms with van der Waals surface area (Å²) in [6, 6.07) is 0. The number of rotatable bonds is 1. The second kappa shape index (κ2) is 4.91. The zero-order valence-electron chi connectivity index (χ0n) is 13.6. The van der Waals surface area contributed by atoms with E-state index in [9.17, 15) is 15.0 Å². The fraction of sp³-hybridized carbons (Fsp3) is 0.842. The van der Waals surface area contributed by atoms with Gasteiger partial charge in [0.15, 0.2) is 5.78 Å². The van der Waals surface area contributed by atoms with Crippen molar-refractivity contribution in [3.05, 3.63) is 11.6 Å². The molecule has 4 aliphatic rings. The Bertz CT molecular complexity index is 525. The van der Waals surface area contributed by atoms with Crippen LogP contribution in [-0.2, 0) is 4.79 Å². The van der Waals surface area contributed by atoms with Gasteiger partial charge in [0.1, 0.15) is 0 Å². The first-order valence-corrected chi connectivity index (χ1v) is 9.04. The molecule has 2 N–H and O–H groups in total. The maximum Gasteiger partial charge on any atom is 0.155 e. The summed E-state index contributed by atoms with van der Waals surface area (Å²) in [5.41, 5.74) is 1.18. The Hall–Kier alpha value is -0.670. The van der Waals surface area contributed by atoms with E-state index in [-0.39, 0.29) is 29.3 Å². The molecule has 4 rings (SSSR count). The largest absolute Gasteiger partial charge is 0.395 e. The Kier molecular flexibility index (Phi) is 3.32. The molecule has 22 heavy (non-hydrogen) atoms. The first-order chi connectivity index (χ1) is 10.5. The van der Waals surface area contributed by atoms with Crippen LogP contribution in [0.25, 0.3) is 0 Å². The molecule has 3 heteroatoms. The van der Waals surface area contributed by atoms with Gasteiger partial charge in [-0.2, -0.15) is 0 Å². The molecule has 0 aliphatic heterocycles. The third-order valence-corrected chi connectivity index (χ3v) is 7.92. The van der Waals surface area contributed by atoms with Gasteiger partial charge in [-0.25, -0.2) is 0 Å². The van der Waals surface area contributed by atoms with Crippen LogP contribution >= 0.6 is 0 Å². The van der Waals surface area contributed by atoms with Crippen LogP contribution in [0.5, 0.6) is 0 Å². The second-order valence-corrected chi connectivity index (χ2v) is 8.50. The highest BCUT2D eigenvalue weighted by Gasteiger charge is 2.59. The summed E-state index contributed by atoms with van der Waals surface area (Å²) in [6.45, 7) is 2.48. The van der Waals surface area contributed by atoms with Gasteiger partial charge < -0.3 is 10.2 Å². The zero-order valence-corrected chi connectivity index (χ0v) is 13.6. The summed E-state index contributed by atoms with van der Waals surface area (Å²) in [5.74, 6) is 1.97. The summed E-state index contributed by atoms with van der Waals surface area (Å²) in [4.78, 5) is 11.8. The van der Waals surface area contributed by atoms with Crippen LogP contribution in [0.4, 0.5) is 0 Å². The molecular weight excluding hydrogens is 276 g/mol. The van der Waals surface area contributed by atoms with E-state index < -0.39 is 0 Å². The minimum absolute atomic E-state index is 0.0868. The quantitative estimate of drug-likeness (QED) is 0.783. The Balaban J connectivity index is 1.71. The molecule has 0 spiro atoms. The lowest BCUT2D eigenvalue weighted by Crippen LogP contribution is -2.53. The van der Waals surface area contributed by atoms with Crippen molar-refractivity contribution in [2.24, 2.45) is 28.6 Å². The molecule has 0 amide bonds. The molecule has 0 aromatic heterocycles. The average Bonchev–Trinajstić information content (AvgIpc) is 2.82. The number of carbonyl (C=O) groups excluding carboxylic acids is 1. The fourth-order valence-electron chi connectivity index (χ4n) is 6.63. The van der Waals surface area contributed by atoms with Crippen molar-refractivity contribution in [1.82, 2.24) is 0 Å². The topological polar surface area (TPSA) is 57.5 Å². The van der Waals surface area contributed by atoms with Crippen molar-refractivity contribution in [3.63, 3.8) is 0 Å². The van der Waals surface area contributed by atoms with Crippen LogP contribution in [0.15, 0.2) is 11.6 Å². The van der Waals surface area contributed by atoms with Crippen molar-refractivity contribution >= 4 is 5.78 Å². The molecule has 3 fully saturated rings. The van der Waals surface area contributed by atoms with Crippen LogP contribution in [0, 0.1) is 28.6 Å². The third-order valence-electron chi connectivity index (χ3n) is 7.92. The second-order valence-electron chi connectivity index (χ2n) is 8.50. The van der Waals surface area contributed by atoms with Crippen LogP contribution in [-0.4, -0.2) is 28.7 Å². The molecule has 3 nitrogen and oxygen atoms in total. The maximum absolute atomic E-state index is 11.8. The van der Waals surface area contributed by atoms with Crippen molar-refractivity contribution in [2.75, 3.05) is 6.61 Å². The molecule has 0 saturated heterocycles. The maximum atomic E-state index is 11.8. The van der Waals surface area contributed by atoms with Gasteiger partial charge in [0.2, 0.25) is 0 Å². The molecule has 0 unspecified atom stereocenters. The minimum atomic E-state index is -0.145. The number of hydrogen-bond acceptors (Lipinski definition) is 3. The van der Waals surface area contributed by atoms with E-state index in [2.05, 4.69) is 6.92 Å². The van der Waals surface area contributed by atoms with E-state index in [1.807, 2.05) is 6.08 Å². The van der Waals surface area contributed by atoms with E-state index in [4.69, 9.17) is 0 Å². The molecule has 0 aromatic carbocycles. The van der Waals surface area contributed by atoms with Crippen LogP contribution in [0.1, 0.15) is 58.3 Å². The lowest BCUT2D eigenvalue weighted by molar-refractivity contribution is -0.120. The lowest BCUT2D eigenvalue weighted by atomic mass is 9.47. The Morgan fingerprint density at radius 2 is 1.95 bits per heavy atom. The molecule has 0 heterocycles. The highest BCUT2D eigenvalue weighted by atomic mass is 16.3. The van der Waals surface area contributed by atoms with Gasteiger partial charge in [-0.1, -0.05) is 12.5 Å². The van der Waals surface area contributed by atoms with Crippen molar-refractivity contribution in [1.29, 1.82) is 0 Å². The van der Waals surface area contributed by atoms with E-state index in [1.54, 1.807) is 0 Å². The molecule has 0 bridgehead atoms. The van der Waals surface area contributed by atoms with Gasteiger partial charge in [0, 0.05) is 11.8 Å². The van der Waals surface area contributed by atoms with E-state index in [1.165, 1.54) is 5.57 Å². The van der Waals surface area contributed by atoms with Gasteiger partial charge in [-0.3, -0.25) is 4.79 Å². The van der Waals surface area contributed by atoms with Gasteiger partial charge in [-0.05, 0) is 74.2 Å². The summed E-state index contributed by atoms with van der Waals surface area (Å²) >= 11 is 0. The number of fused-ring (bicyclic) bond motifs is 5. The Morgan fingerprint density at radius 3 is 2.73 bits per heavy atom. The average molecular weight is 304 g/mol. The first kappa shape index (κ1) is 14.9. The number of carbonyl (C=O) groups is 1.